The van der Waals surface area contributed by atoms with E-state index in [1.54, 1.807) is 25.3 Å². The molecule has 1 heterocycles. The third-order valence-corrected chi connectivity index (χ3v) is 3.95. The second kappa shape index (κ2) is 5.64. The van der Waals surface area contributed by atoms with Gasteiger partial charge < -0.3 is 14.6 Å². The Labute approximate surface area is 124 Å². The van der Waals surface area contributed by atoms with Crippen LogP contribution in [0.4, 0.5) is 5.69 Å². The van der Waals surface area contributed by atoms with Crippen molar-refractivity contribution < 1.29 is 9.21 Å². The van der Waals surface area contributed by atoms with Gasteiger partial charge in [0, 0.05) is 31.8 Å². The van der Waals surface area contributed by atoms with E-state index in [1.807, 2.05) is 30.3 Å². The molecule has 0 fully saturated rings. The van der Waals surface area contributed by atoms with E-state index in [-0.39, 0.29) is 11.9 Å². The zero-order valence-corrected chi connectivity index (χ0v) is 12.4. The van der Waals surface area contributed by atoms with E-state index in [0.717, 1.165) is 30.7 Å². The molecule has 0 aliphatic heterocycles. The lowest BCUT2D eigenvalue weighted by molar-refractivity contribution is 0.0828. The minimum Gasteiger partial charge on any atom is -0.469 e. The smallest absolute Gasteiger partial charge is 0.255 e. The topological polar surface area (TPSA) is 45.5 Å². The average Bonchev–Trinajstić information content (AvgIpc) is 2.96. The highest BCUT2D eigenvalue weighted by Crippen LogP contribution is 2.34. The van der Waals surface area contributed by atoms with E-state index in [4.69, 9.17) is 4.42 Å². The summed E-state index contributed by atoms with van der Waals surface area (Å²) in [6, 6.07) is 9.92. The predicted octanol–water partition coefficient (Wildman–Crippen LogP) is 3.47. The summed E-state index contributed by atoms with van der Waals surface area (Å²) >= 11 is 0. The molecule has 1 aromatic carbocycles. The lowest BCUT2D eigenvalue weighted by atomic mass is 9.93. The van der Waals surface area contributed by atoms with Gasteiger partial charge >= 0.3 is 0 Å². The lowest BCUT2D eigenvalue weighted by Crippen LogP contribution is -2.24. The fourth-order valence-electron chi connectivity index (χ4n) is 2.86. The summed E-state index contributed by atoms with van der Waals surface area (Å²) in [5.74, 6) is 1.08. The summed E-state index contributed by atoms with van der Waals surface area (Å²) in [6.07, 6.45) is 4.90. The lowest BCUT2D eigenvalue weighted by Gasteiger charge is -2.25. The summed E-state index contributed by atoms with van der Waals surface area (Å²) in [7, 11) is 3.54. The third-order valence-electron chi connectivity index (χ3n) is 3.95. The molecular formula is C17H20N2O2. The highest BCUT2D eigenvalue weighted by Gasteiger charge is 2.24. The molecule has 0 saturated carbocycles. The normalized spacial score (nSPS) is 17.1. The van der Waals surface area contributed by atoms with Crippen LogP contribution < -0.4 is 5.32 Å². The molecule has 2 aromatic rings. The number of carbonyl (C=O) groups excluding carboxylic acids is 1. The van der Waals surface area contributed by atoms with Gasteiger partial charge in [0.05, 0.1) is 17.9 Å². The third kappa shape index (κ3) is 2.66. The van der Waals surface area contributed by atoms with Crippen LogP contribution in [0.3, 0.4) is 0 Å². The molecule has 0 radical (unpaired) electrons. The zero-order valence-electron chi connectivity index (χ0n) is 12.4. The number of benzene rings is 1. The van der Waals surface area contributed by atoms with Crippen LogP contribution >= 0.6 is 0 Å². The molecule has 110 valence electrons. The number of aryl methyl sites for hydroxylation is 1. The summed E-state index contributed by atoms with van der Waals surface area (Å²) in [4.78, 5) is 13.9. The van der Waals surface area contributed by atoms with Crippen LogP contribution in [0.25, 0.3) is 0 Å². The molecule has 1 aliphatic rings. The van der Waals surface area contributed by atoms with E-state index in [1.165, 1.54) is 5.56 Å². The van der Waals surface area contributed by atoms with Crippen molar-refractivity contribution in [3.63, 3.8) is 0 Å². The predicted molar refractivity (Wildman–Crippen MR) is 82.5 cm³/mol. The van der Waals surface area contributed by atoms with Gasteiger partial charge in [-0.25, -0.2) is 0 Å². The molecule has 1 aromatic heterocycles. The maximum absolute atomic E-state index is 12.3. The monoisotopic (exact) mass is 284 g/mol. The molecule has 4 nitrogen and oxygen atoms in total. The van der Waals surface area contributed by atoms with Crippen molar-refractivity contribution in [3.05, 3.63) is 53.5 Å². The van der Waals surface area contributed by atoms with E-state index in [2.05, 4.69) is 5.32 Å². The van der Waals surface area contributed by atoms with Crippen LogP contribution in [0.1, 0.15) is 40.6 Å². The number of nitrogens with one attached hydrogen (secondary N) is 1. The molecule has 1 amide bonds. The number of nitrogens with zero attached hydrogens (tertiary/aromatic N) is 1. The van der Waals surface area contributed by atoms with Gasteiger partial charge in [-0.15, -0.1) is 0 Å². The van der Waals surface area contributed by atoms with Crippen LogP contribution in [0, 0.1) is 0 Å². The van der Waals surface area contributed by atoms with Crippen LogP contribution in [0.5, 0.6) is 0 Å². The van der Waals surface area contributed by atoms with Crippen molar-refractivity contribution in [3.8, 4) is 0 Å². The zero-order chi connectivity index (χ0) is 14.8. The largest absolute Gasteiger partial charge is 0.469 e. The second-order valence-corrected chi connectivity index (χ2v) is 5.63. The van der Waals surface area contributed by atoms with E-state index in [9.17, 15) is 4.79 Å². The van der Waals surface area contributed by atoms with Gasteiger partial charge in [-0.1, -0.05) is 12.1 Å². The fourth-order valence-corrected chi connectivity index (χ4v) is 2.86. The van der Waals surface area contributed by atoms with Gasteiger partial charge in [0.1, 0.15) is 5.76 Å². The van der Waals surface area contributed by atoms with E-state index in [0.29, 0.717) is 5.56 Å². The van der Waals surface area contributed by atoms with Crippen molar-refractivity contribution in [2.75, 3.05) is 19.4 Å². The maximum atomic E-state index is 12.3. The average molecular weight is 284 g/mol. The molecule has 0 spiro atoms. The molecule has 0 bridgehead atoms. The molecule has 1 atom stereocenters. The van der Waals surface area contributed by atoms with Gasteiger partial charge in [0.2, 0.25) is 0 Å². The van der Waals surface area contributed by atoms with Gasteiger partial charge in [0.15, 0.2) is 0 Å². The Morgan fingerprint density at radius 2 is 2.10 bits per heavy atom. The summed E-state index contributed by atoms with van der Waals surface area (Å²) in [5, 5.41) is 3.52. The minimum absolute atomic E-state index is 0.0151. The molecule has 21 heavy (non-hydrogen) atoms. The van der Waals surface area contributed by atoms with Gasteiger partial charge in [-0.05, 0) is 31.0 Å². The number of para-hydroxylation sites is 1. The first-order chi connectivity index (χ1) is 10.2. The van der Waals surface area contributed by atoms with Crippen molar-refractivity contribution in [2.45, 2.75) is 25.3 Å². The Bertz CT molecular complexity index is 646. The number of furan rings is 1. The molecular weight excluding hydrogens is 264 g/mol. The van der Waals surface area contributed by atoms with Gasteiger partial charge in [-0.3, -0.25) is 4.79 Å². The summed E-state index contributed by atoms with van der Waals surface area (Å²) < 4.78 is 5.52. The Kier molecular flexibility index (Phi) is 3.69. The number of hydrogen-bond donors (Lipinski definition) is 1. The van der Waals surface area contributed by atoms with Crippen LogP contribution in [0.15, 0.2) is 41.0 Å². The molecule has 1 aliphatic carbocycles. The van der Waals surface area contributed by atoms with Gasteiger partial charge in [0.25, 0.3) is 5.91 Å². The highest BCUT2D eigenvalue weighted by molar-refractivity contribution is 5.99. The first-order valence-corrected chi connectivity index (χ1v) is 7.30. The van der Waals surface area contributed by atoms with Crippen molar-refractivity contribution in [2.24, 2.45) is 0 Å². The van der Waals surface area contributed by atoms with Gasteiger partial charge in [-0.2, -0.15) is 0 Å². The SMILES string of the molecule is CN(C)C(=O)c1ccccc1NC1CCCc2occc21. The number of anilines is 1. The highest BCUT2D eigenvalue weighted by atomic mass is 16.3. The first kappa shape index (κ1) is 13.7. The van der Waals surface area contributed by atoms with E-state index < -0.39 is 0 Å². The number of carbonyl (C=O) groups is 1. The Balaban J connectivity index is 1.89. The van der Waals surface area contributed by atoms with Crippen LogP contribution in [0.2, 0.25) is 0 Å². The Morgan fingerprint density at radius 1 is 1.29 bits per heavy atom. The van der Waals surface area contributed by atoms with E-state index >= 15 is 0 Å². The maximum Gasteiger partial charge on any atom is 0.255 e. The summed E-state index contributed by atoms with van der Waals surface area (Å²) in [6.45, 7) is 0. The second-order valence-electron chi connectivity index (χ2n) is 5.63. The number of rotatable bonds is 3. The van der Waals surface area contributed by atoms with Crippen molar-refractivity contribution in [1.29, 1.82) is 0 Å². The fraction of sp³-hybridized carbons (Fsp3) is 0.353. The van der Waals surface area contributed by atoms with Crippen molar-refractivity contribution >= 4 is 11.6 Å². The molecule has 4 heteroatoms. The van der Waals surface area contributed by atoms with Crippen LogP contribution in [-0.4, -0.2) is 24.9 Å². The molecule has 3 rings (SSSR count). The molecule has 1 N–H and O–H groups in total. The number of amides is 1. The minimum atomic E-state index is 0.0151. The first-order valence-electron chi connectivity index (χ1n) is 7.30. The number of fused-ring (bicyclic) bond motifs is 1. The standard InChI is InChI=1S/C17H20N2O2/c1-19(2)17(20)13-6-3-4-7-15(13)18-14-8-5-9-16-12(14)10-11-21-16/h3-4,6-7,10-11,14,18H,5,8-9H2,1-2H3. The molecule has 0 saturated heterocycles. The van der Waals surface area contributed by atoms with Crippen molar-refractivity contribution in [1.82, 2.24) is 4.90 Å². The Hall–Kier alpha value is -2.23. The number of hydrogen-bond acceptors (Lipinski definition) is 3. The summed E-state index contributed by atoms with van der Waals surface area (Å²) in [5.41, 5.74) is 2.81. The quantitative estimate of drug-likeness (QED) is 0.938. The Morgan fingerprint density at radius 3 is 2.90 bits per heavy atom. The molecule has 1 unspecified atom stereocenters. The van der Waals surface area contributed by atoms with Crippen LogP contribution in [-0.2, 0) is 6.42 Å².